The van der Waals surface area contributed by atoms with E-state index >= 15 is 0 Å². The molecule has 2 heterocycles. The van der Waals surface area contributed by atoms with E-state index in [0.29, 0.717) is 13.2 Å². The Morgan fingerprint density at radius 1 is 0.816 bits per heavy atom. The zero-order chi connectivity index (χ0) is 28.3. The first-order chi connectivity index (χ1) is 18.1. The molecule has 7 N–H and O–H groups in total. The molecule has 2 fully saturated rings. The molecule has 0 amide bonds. The van der Waals surface area contributed by atoms with Crippen molar-refractivity contribution in [1.29, 1.82) is 0 Å². The molecule has 11 unspecified atom stereocenters. The standard InChI is InChI=1S/C23H44O15/c1-13(34-7-6-31-3)10-32-12-23(21(30)18(28)16(9-26)37-23)38-22-20(35-11-14(2)33-5-4-24)19(29)17(27)15(8-25)36-22/h13-22,24-30H,4-12H2,1-3H3. The van der Waals surface area contributed by atoms with Crippen LogP contribution in [-0.4, -0.2) is 169 Å². The number of aliphatic hydroxyl groups is 7. The molecular weight excluding hydrogens is 516 g/mol. The van der Waals surface area contributed by atoms with Gasteiger partial charge < -0.3 is 73.6 Å². The minimum absolute atomic E-state index is 0.0383. The maximum absolute atomic E-state index is 10.9. The highest BCUT2D eigenvalue weighted by Gasteiger charge is 2.59. The summed E-state index contributed by atoms with van der Waals surface area (Å²) in [5.74, 6) is -2.09. The van der Waals surface area contributed by atoms with Crippen LogP contribution in [0.2, 0.25) is 0 Å². The zero-order valence-electron chi connectivity index (χ0n) is 22.0. The molecule has 38 heavy (non-hydrogen) atoms. The smallest absolute Gasteiger partial charge is 0.224 e. The van der Waals surface area contributed by atoms with E-state index < -0.39 is 80.7 Å². The van der Waals surface area contributed by atoms with E-state index in [1.165, 1.54) is 7.11 Å². The third-order valence-corrected chi connectivity index (χ3v) is 6.19. The highest BCUT2D eigenvalue weighted by molar-refractivity contribution is 4.99. The lowest BCUT2D eigenvalue weighted by molar-refractivity contribution is -0.390. The third kappa shape index (κ3) is 8.95. The highest BCUT2D eigenvalue weighted by atomic mass is 16.8. The predicted molar refractivity (Wildman–Crippen MR) is 126 cm³/mol. The van der Waals surface area contributed by atoms with Crippen molar-refractivity contribution < 1.29 is 73.6 Å². The van der Waals surface area contributed by atoms with Gasteiger partial charge in [-0.15, -0.1) is 0 Å². The van der Waals surface area contributed by atoms with Crippen LogP contribution >= 0.6 is 0 Å². The Morgan fingerprint density at radius 2 is 1.47 bits per heavy atom. The first-order valence-corrected chi connectivity index (χ1v) is 12.6. The fourth-order valence-corrected chi connectivity index (χ4v) is 4.08. The van der Waals surface area contributed by atoms with Gasteiger partial charge in [-0.2, -0.15) is 0 Å². The van der Waals surface area contributed by atoms with Crippen LogP contribution in [0.3, 0.4) is 0 Å². The number of aliphatic hydroxyl groups excluding tert-OH is 7. The number of ether oxygens (including phenoxy) is 8. The van der Waals surface area contributed by atoms with Crippen LogP contribution in [0.25, 0.3) is 0 Å². The van der Waals surface area contributed by atoms with Gasteiger partial charge in [0.15, 0.2) is 6.29 Å². The summed E-state index contributed by atoms with van der Waals surface area (Å²) in [7, 11) is 1.54. The molecule has 2 aliphatic heterocycles. The number of hydrogen-bond acceptors (Lipinski definition) is 15. The van der Waals surface area contributed by atoms with Gasteiger partial charge in [-0.3, -0.25) is 0 Å². The van der Waals surface area contributed by atoms with E-state index in [2.05, 4.69) is 0 Å². The highest BCUT2D eigenvalue weighted by Crippen LogP contribution is 2.37. The van der Waals surface area contributed by atoms with Crippen LogP contribution in [0.5, 0.6) is 0 Å². The normalized spacial score (nSPS) is 37.4. The van der Waals surface area contributed by atoms with E-state index in [0.717, 1.165) is 0 Å². The first kappa shape index (κ1) is 33.6. The van der Waals surface area contributed by atoms with E-state index in [1.54, 1.807) is 13.8 Å². The van der Waals surface area contributed by atoms with Crippen molar-refractivity contribution in [2.24, 2.45) is 0 Å². The number of methoxy groups -OCH3 is 1. The van der Waals surface area contributed by atoms with Crippen LogP contribution in [0.15, 0.2) is 0 Å². The second kappa shape index (κ2) is 16.6. The summed E-state index contributed by atoms with van der Waals surface area (Å²) in [6.45, 7) is 2.12. The van der Waals surface area contributed by atoms with Gasteiger partial charge in [-0.25, -0.2) is 0 Å². The summed E-state index contributed by atoms with van der Waals surface area (Å²) in [6.07, 6.45) is -12.7. The quantitative estimate of drug-likeness (QED) is 0.0798. The summed E-state index contributed by atoms with van der Waals surface area (Å²) >= 11 is 0. The molecule has 226 valence electrons. The molecule has 2 aliphatic rings. The van der Waals surface area contributed by atoms with E-state index in [1.807, 2.05) is 0 Å². The van der Waals surface area contributed by atoms with Gasteiger partial charge >= 0.3 is 0 Å². The summed E-state index contributed by atoms with van der Waals surface area (Å²) in [5, 5.41) is 70.7. The van der Waals surface area contributed by atoms with E-state index in [-0.39, 0.29) is 32.5 Å². The molecule has 0 bridgehead atoms. The Balaban J connectivity index is 2.20. The number of rotatable bonds is 18. The predicted octanol–water partition coefficient (Wildman–Crippen LogP) is -3.90. The molecule has 0 spiro atoms. The van der Waals surface area contributed by atoms with Crippen molar-refractivity contribution in [2.45, 2.75) is 80.9 Å². The maximum Gasteiger partial charge on any atom is 0.224 e. The Bertz CT molecular complexity index is 644. The zero-order valence-corrected chi connectivity index (χ0v) is 22.0. The summed E-state index contributed by atoms with van der Waals surface area (Å²) in [4.78, 5) is 0. The fourth-order valence-electron chi connectivity index (χ4n) is 4.08. The second-order valence-corrected chi connectivity index (χ2v) is 9.30. The van der Waals surface area contributed by atoms with Crippen molar-refractivity contribution in [2.75, 3.05) is 66.6 Å². The van der Waals surface area contributed by atoms with Crippen molar-refractivity contribution in [3.05, 3.63) is 0 Å². The average Bonchev–Trinajstić information content (AvgIpc) is 3.14. The van der Waals surface area contributed by atoms with Crippen LogP contribution in [-0.2, 0) is 37.9 Å². The lowest BCUT2D eigenvalue weighted by Gasteiger charge is -2.45. The van der Waals surface area contributed by atoms with Crippen LogP contribution in [0.1, 0.15) is 13.8 Å². The monoisotopic (exact) mass is 560 g/mol. The van der Waals surface area contributed by atoms with Crippen LogP contribution < -0.4 is 0 Å². The molecule has 0 aromatic heterocycles. The summed E-state index contributed by atoms with van der Waals surface area (Å²) in [6, 6.07) is 0. The van der Waals surface area contributed by atoms with Crippen LogP contribution in [0.4, 0.5) is 0 Å². The minimum atomic E-state index is -2.09. The molecule has 15 heteroatoms. The molecule has 0 aromatic rings. The van der Waals surface area contributed by atoms with Gasteiger partial charge in [0.05, 0.1) is 65.1 Å². The maximum atomic E-state index is 10.9. The van der Waals surface area contributed by atoms with Crippen molar-refractivity contribution in [3.8, 4) is 0 Å². The van der Waals surface area contributed by atoms with Crippen molar-refractivity contribution in [1.82, 2.24) is 0 Å². The lowest BCUT2D eigenvalue weighted by Crippen LogP contribution is -2.63. The Hall–Kier alpha value is -0.600. The van der Waals surface area contributed by atoms with E-state index in [9.17, 15) is 30.6 Å². The van der Waals surface area contributed by atoms with Gasteiger partial charge in [0.25, 0.3) is 0 Å². The molecule has 0 saturated carbocycles. The molecule has 0 aliphatic carbocycles. The molecule has 15 nitrogen and oxygen atoms in total. The fraction of sp³-hybridized carbons (Fsp3) is 1.00. The Morgan fingerprint density at radius 3 is 2.08 bits per heavy atom. The minimum Gasteiger partial charge on any atom is -0.394 e. The average molecular weight is 561 g/mol. The molecule has 0 aromatic carbocycles. The topological polar surface area (TPSA) is 215 Å². The van der Waals surface area contributed by atoms with Crippen molar-refractivity contribution >= 4 is 0 Å². The first-order valence-electron chi connectivity index (χ1n) is 12.6. The van der Waals surface area contributed by atoms with Gasteiger partial charge in [-0.1, -0.05) is 0 Å². The second-order valence-electron chi connectivity index (χ2n) is 9.30. The molecule has 2 rings (SSSR count). The van der Waals surface area contributed by atoms with Gasteiger partial charge in [0.1, 0.15) is 49.3 Å². The SMILES string of the molecule is COCCOC(C)COCC1(OC2OC(CO)C(O)C(O)C2OCC(C)OCCO)OC(CO)C(O)C1O. The summed E-state index contributed by atoms with van der Waals surface area (Å²) < 4.78 is 44.6. The molecule has 0 radical (unpaired) electrons. The molecule has 11 atom stereocenters. The van der Waals surface area contributed by atoms with Gasteiger partial charge in [-0.05, 0) is 13.8 Å². The molecule has 2 saturated heterocycles. The third-order valence-electron chi connectivity index (χ3n) is 6.19. The molecular formula is C23H44O15. The Labute approximate surface area is 221 Å². The van der Waals surface area contributed by atoms with E-state index in [4.69, 9.17) is 43.0 Å². The van der Waals surface area contributed by atoms with Crippen LogP contribution in [0, 0.1) is 0 Å². The largest absolute Gasteiger partial charge is 0.394 e. The summed E-state index contributed by atoms with van der Waals surface area (Å²) in [5.41, 5.74) is 0. The van der Waals surface area contributed by atoms with Gasteiger partial charge in [0, 0.05) is 7.11 Å². The lowest BCUT2D eigenvalue weighted by atomic mass is 9.98. The Kier molecular flexibility index (Phi) is 14.7. The van der Waals surface area contributed by atoms with Gasteiger partial charge in [0.2, 0.25) is 5.79 Å². The van der Waals surface area contributed by atoms with Crippen molar-refractivity contribution in [3.63, 3.8) is 0 Å². The number of hydrogen-bond donors (Lipinski definition) is 7.